The lowest BCUT2D eigenvalue weighted by Gasteiger charge is -2.13. The second-order valence-corrected chi connectivity index (χ2v) is 10.7. The number of rotatable bonds is 6. The van der Waals surface area contributed by atoms with Crippen LogP contribution in [0.3, 0.4) is 0 Å². The Morgan fingerprint density at radius 3 is 2.22 bits per heavy atom. The lowest BCUT2D eigenvalue weighted by atomic mass is 10.1. The van der Waals surface area contributed by atoms with Crippen molar-refractivity contribution >= 4 is 53.7 Å². The minimum atomic E-state index is -4.19. The first-order chi connectivity index (χ1) is 15.4. The molecule has 0 aliphatic heterocycles. The molecule has 0 fully saturated rings. The predicted molar refractivity (Wildman–Crippen MR) is 127 cm³/mol. The molecule has 0 bridgehead atoms. The Morgan fingerprint density at radius 2 is 1.56 bits per heavy atom. The predicted octanol–water partition coefficient (Wildman–Crippen LogP) is 5.00. The highest BCUT2D eigenvalue weighted by molar-refractivity contribution is 7.86. The molecule has 0 aliphatic carbocycles. The first-order valence-electron chi connectivity index (χ1n) is 10.4. The molecule has 0 spiro atoms. The Morgan fingerprint density at radius 1 is 0.938 bits per heavy atom. The van der Waals surface area contributed by atoms with E-state index in [9.17, 15) is 13.0 Å². The Labute approximate surface area is 189 Å². The van der Waals surface area contributed by atoms with Gasteiger partial charge < -0.3 is 0 Å². The van der Waals surface area contributed by atoms with Gasteiger partial charge in [0.2, 0.25) is 10.5 Å². The molecule has 1 unspecified atom stereocenters. The van der Waals surface area contributed by atoms with Crippen LogP contribution in [0, 0.1) is 6.92 Å². The van der Waals surface area contributed by atoms with Crippen molar-refractivity contribution in [1.82, 2.24) is 9.97 Å². The first-order valence-corrected chi connectivity index (χ1v) is 12.7. The summed E-state index contributed by atoms with van der Waals surface area (Å²) in [7, 11) is -4.19. The maximum absolute atomic E-state index is 12.0. The molecule has 6 nitrogen and oxygen atoms in total. The van der Waals surface area contributed by atoms with E-state index in [-0.39, 0.29) is 0 Å². The van der Waals surface area contributed by atoms with E-state index >= 15 is 0 Å². The van der Waals surface area contributed by atoms with Gasteiger partial charge in [-0.2, -0.15) is 13.0 Å². The SMILES string of the molecule is Cc1sc2cc3nc4ccccc4nc3cc2[n+]1CCCC(c1ccccc1)S(=O)(=O)O. The van der Waals surface area contributed by atoms with Crippen molar-refractivity contribution in [1.29, 1.82) is 0 Å². The largest absolute Gasteiger partial charge is 0.285 e. The van der Waals surface area contributed by atoms with E-state index in [1.807, 2.05) is 30.3 Å². The number of thiazole rings is 1. The van der Waals surface area contributed by atoms with Crippen molar-refractivity contribution in [3.63, 3.8) is 0 Å². The fraction of sp³-hybridized carbons (Fsp3) is 0.208. The molecular weight excluding hydrogens is 442 g/mol. The monoisotopic (exact) mass is 464 g/mol. The van der Waals surface area contributed by atoms with Gasteiger partial charge in [-0.05, 0) is 30.2 Å². The van der Waals surface area contributed by atoms with Crippen LogP contribution in [-0.4, -0.2) is 22.9 Å². The summed E-state index contributed by atoms with van der Waals surface area (Å²) in [6.45, 7) is 2.71. The van der Waals surface area contributed by atoms with Crippen LogP contribution in [0.1, 0.15) is 28.7 Å². The summed E-state index contributed by atoms with van der Waals surface area (Å²) in [6, 6.07) is 20.9. The first kappa shape index (κ1) is 20.9. The van der Waals surface area contributed by atoms with Crippen LogP contribution in [0.2, 0.25) is 0 Å². The summed E-state index contributed by atoms with van der Waals surface area (Å²) < 4.78 is 37.1. The lowest BCUT2D eigenvalue weighted by Crippen LogP contribution is -2.35. The highest BCUT2D eigenvalue weighted by Gasteiger charge is 2.26. The summed E-state index contributed by atoms with van der Waals surface area (Å²) in [5.74, 6) is 0. The number of para-hydroxylation sites is 2. The van der Waals surface area contributed by atoms with Crippen LogP contribution in [0.5, 0.6) is 0 Å². The molecular formula is C24H22N3O3S2+. The number of aromatic nitrogens is 3. The minimum absolute atomic E-state index is 0.338. The average molecular weight is 465 g/mol. The number of fused-ring (bicyclic) bond motifs is 3. The van der Waals surface area contributed by atoms with Gasteiger partial charge >= 0.3 is 0 Å². The quantitative estimate of drug-likeness (QED) is 0.217. The normalized spacial score (nSPS) is 13.2. The Kier molecular flexibility index (Phi) is 5.36. The van der Waals surface area contributed by atoms with E-state index in [4.69, 9.17) is 9.97 Å². The number of benzene rings is 3. The van der Waals surface area contributed by atoms with Crippen molar-refractivity contribution < 1.29 is 17.5 Å². The van der Waals surface area contributed by atoms with Gasteiger partial charge in [0.05, 0.1) is 22.1 Å². The molecule has 32 heavy (non-hydrogen) atoms. The maximum Gasteiger partial charge on any atom is 0.271 e. The van der Waals surface area contributed by atoms with Crippen molar-refractivity contribution in [3.05, 3.63) is 77.3 Å². The van der Waals surface area contributed by atoms with Gasteiger partial charge in [0.1, 0.15) is 16.5 Å². The fourth-order valence-corrected chi connectivity index (χ4v) is 6.21. The van der Waals surface area contributed by atoms with Gasteiger partial charge in [-0.15, -0.1) is 0 Å². The van der Waals surface area contributed by atoms with E-state index in [0.29, 0.717) is 24.9 Å². The van der Waals surface area contributed by atoms with Gasteiger partial charge in [0.25, 0.3) is 10.1 Å². The van der Waals surface area contributed by atoms with Crippen LogP contribution in [0.15, 0.2) is 66.7 Å². The molecule has 0 amide bonds. The smallest absolute Gasteiger partial charge is 0.271 e. The van der Waals surface area contributed by atoms with E-state index in [2.05, 4.69) is 23.6 Å². The summed E-state index contributed by atoms with van der Waals surface area (Å²) >= 11 is 1.69. The van der Waals surface area contributed by atoms with Crippen LogP contribution >= 0.6 is 11.3 Å². The van der Waals surface area contributed by atoms with Crippen molar-refractivity contribution in [3.8, 4) is 0 Å². The fourth-order valence-electron chi connectivity index (χ4n) is 4.18. The summed E-state index contributed by atoms with van der Waals surface area (Å²) in [6.07, 6.45) is 0.947. The number of nitrogens with zero attached hydrogens (tertiary/aromatic N) is 3. The molecule has 2 heterocycles. The Hall–Kier alpha value is -2.94. The standard InChI is InChI=1S/C24H21N3O3S2/c1-16-27(13-7-12-24(32(28,29)30)17-8-3-2-4-9-17)22-14-20-21(15-23(22)31-16)26-19-11-6-5-10-18(19)25-20/h2-6,8-11,14-15,24H,7,12-13H2,1H3/p+1. The van der Waals surface area contributed by atoms with Crippen molar-refractivity contribution in [2.75, 3.05) is 0 Å². The maximum atomic E-state index is 12.0. The highest BCUT2D eigenvalue weighted by Crippen LogP contribution is 2.28. The molecule has 162 valence electrons. The number of hydrogen-bond acceptors (Lipinski definition) is 5. The second kappa shape index (κ2) is 8.20. The summed E-state index contributed by atoms with van der Waals surface area (Å²) in [5, 5.41) is 0.204. The molecule has 8 heteroatoms. The van der Waals surface area contributed by atoms with Crippen molar-refractivity contribution in [2.45, 2.75) is 31.6 Å². The average Bonchev–Trinajstić information content (AvgIpc) is 3.07. The number of hydrogen-bond donors (Lipinski definition) is 1. The van der Waals surface area contributed by atoms with Gasteiger partial charge in [-0.25, -0.2) is 9.97 Å². The molecule has 2 aromatic heterocycles. The van der Waals surface area contributed by atoms with Crippen molar-refractivity contribution in [2.24, 2.45) is 0 Å². The minimum Gasteiger partial charge on any atom is -0.285 e. The zero-order valence-electron chi connectivity index (χ0n) is 17.5. The molecule has 1 atom stereocenters. The van der Waals surface area contributed by atoms with Crippen LogP contribution in [-0.2, 0) is 16.7 Å². The van der Waals surface area contributed by atoms with Crippen LogP contribution < -0.4 is 4.57 Å². The molecule has 0 saturated carbocycles. The van der Waals surface area contributed by atoms with E-state index < -0.39 is 15.4 Å². The molecule has 1 N–H and O–H groups in total. The second-order valence-electron chi connectivity index (χ2n) is 7.85. The van der Waals surface area contributed by atoms with E-state index in [1.54, 1.807) is 35.6 Å². The van der Waals surface area contributed by atoms with E-state index in [0.717, 1.165) is 37.3 Å². The van der Waals surface area contributed by atoms with Crippen LogP contribution in [0.25, 0.3) is 32.3 Å². The molecule has 5 rings (SSSR count). The summed E-state index contributed by atoms with van der Waals surface area (Å²) in [4.78, 5) is 9.53. The third kappa shape index (κ3) is 3.97. The molecule has 0 saturated heterocycles. The van der Waals surface area contributed by atoms with Gasteiger partial charge in [0, 0.05) is 19.4 Å². The zero-order chi connectivity index (χ0) is 22.3. The Bertz CT molecular complexity index is 1550. The molecule has 5 aromatic rings. The topological polar surface area (TPSA) is 84.0 Å². The molecule has 0 radical (unpaired) electrons. The lowest BCUT2D eigenvalue weighted by molar-refractivity contribution is -0.673. The third-order valence-corrected chi connectivity index (χ3v) is 8.02. The highest BCUT2D eigenvalue weighted by atomic mass is 32.2. The zero-order valence-corrected chi connectivity index (χ0v) is 19.1. The van der Waals surface area contributed by atoms with Crippen LogP contribution in [0.4, 0.5) is 0 Å². The van der Waals surface area contributed by atoms with Gasteiger partial charge in [-0.1, -0.05) is 53.8 Å². The number of aryl methyl sites for hydroxylation is 2. The summed E-state index contributed by atoms with van der Waals surface area (Å²) in [5.41, 5.74) is 5.10. The van der Waals surface area contributed by atoms with Gasteiger partial charge in [-0.3, -0.25) is 4.55 Å². The molecule has 3 aromatic carbocycles. The van der Waals surface area contributed by atoms with Gasteiger partial charge in [0.15, 0.2) is 0 Å². The third-order valence-electron chi connectivity index (χ3n) is 5.73. The Balaban J connectivity index is 1.46. The van der Waals surface area contributed by atoms with E-state index in [1.165, 1.54) is 0 Å². The molecule has 0 aliphatic rings.